The standard InChI is InChI=1S/C24H46N6O4/c1-23(27-11-17-32-18-12-27)24(28-7-5-4-6-8-28,29-13-19-33-20-14-29)30(25(2)3)22(21-34-23)26-9-15-31-16-10-26/h22H,4-21H2,1-3H3. The van der Waals surface area contributed by atoms with Crippen LogP contribution in [-0.4, -0.2) is 160 Å². The number of hydrogen-bond donors (Lipinski definition) is 0. The molecule has 0 bridgehead atoms. The van der Waals surface area contributed by atoms with E-state index >= 15 is 0 Å². The number of nitrogens with zero attached hydrogens (tertiary/aromatic N) is 6. The van der Waals surface area contributed by atoms with E-state index in [4.69, 9.17) is 18.9 Å². The van der Waals surface area contributed by atoms with Crippen molar-refractivity contribution in [2.75, 3.05) is 113 Å². The molecule has 5 rings (SSSR count). The van der Waals surface area contributed by atoms with Crippen LogP contribution in [0.5, 0.6) is 0 Å². The van der Waals surface area contributed by atoms with Crippen molar-refractivity contribution in [1.29, 1.82) is 0 Å². The summed E-state index contributed by atoms with van der Waals surface area (Å²) in [7, 11) is 4.44. The van der Waals surface area contributed by atoms with Crippen LogP contribution in [0.25, 0.3) is 0 Å². The van der Waals surface area contributed by atoms with Crippen LogP contribution in [-0.2, 0) is 18.9 Å². The average molecular weight is 483 g/mol. The minimum Gasteiger partial charge on any atom is -0.379 e. The molecule has 0 amide bonds. The highest BCUT2D eigenvalue weighted by molar-refractivity contribution is 5.09. The molecular formula is C24H46N6O4. The summed E-state index contributed by atoms with van der Waals surface area (Å²) in [6, 6.07) is 0. The van der Waals surface area contributed by atoms with Crippen LogP contribution < -0.4 is 0 Å². The number of likely N-dealkylation sites (tertiary alicyclic amines) is 1. The third-order valence-electron chi connectivity index (χ3n) is 8.50. The Morgan fingerprint density at radius 3 is 1.71 bits per heavy atom. The lowest BCUT2D eigenvalue weighted by atomic mass is 9.92. The molecule has 5 aliphatic rings. The number of hydrogen-bond acceptors (Lipinski definition) is 10. The van der Waals surface area contributed by atoms with E-state index in [-0.39, 0.29) is 6.17 Å². The minimum atomic E-state index is -0.515. The van der Waals surface area contributed by atoms with Crippen molar-refractivity contribution in [3.8, 4) is 0 Å². The van der Waals surface area contributed by atoms with Gasteiger partial charge in [0.15, 0.2) is 11.5 Å². The summed E-state index contributed by atoms with van der Waals surface area (Å²) in [6.45, 7) is 15.3. The van der Waals surface area contributed by atoms with Crippen LogP contribution in [0, 0.1) is 0 Å². The number of hydrazine groups is 1. The summed E-state index contributed by atoms with van der Waals surface area (Å²) in [4.78, 5) is 10.6. The van der Waals surface area contributed by atoms with Gasteiger partial charge in [-0.05, 0) is 19.8 Å². The quantitative estimate of drug-likeness (QED) is 0.534. The Labute approximate surface area is 205 Å². The fourth-order valence-electron chi connectivity index (χ4n) is 6.96. The van der Waals surface area contributed by atoms with Crippen molar-refractivity contribution in [2.24, 2.45) is 0 Å². The van der Waals surface area contributed by atoms with Crippen molar-refractivity contribution in [1.82, 2.24) is 29.6 Å². The van der Waals surface area contributed by atoms with Crippen LogP contribution >= 0.6 is 0 Å². The molecule has 3 atom stereocenters. The van der Waals surface area contributed by atoms with Gasteiger partial charge in [-0.25, -0.2) is 5.01 Å². The molecule has 0 aromatic carbocycles. The predicted octanol–water partition coefficient (Wildman–Crippen LogP) is -0.0262. The average Bonchev–Trinajstić information content (AvgIpc) is 2.90. The first-order chi connectivity index (χ1) is 16.6. The molecule has 5 heterocycles. The Morgan fingerprint density at radius 1 is 0.647 bits per heavy atom. The molecule has 0 saturated carbocycles. The Morgan fingerprint density at radius 2 is 1.15 bits per heavy atom. The summed E-state index contributed by atoms with van der Waals surface area (Å²) in [5, 5.41) is 5.03. The molecule has 0 aliphatic carbocycles. The molecule has 10 nitrogen and oxygen atoms in total. The zero-order valence-corrected chi connectivity index (χ0v) is 21.6. The maximum atomic E-state index is 7.17. The predicted molar refractivity (Wildman–Crippen MR) is 129 cm³/mol. The summed E-state index contributed by atoms with van der Waals surface area (Å²) in [5.41, 5.74) is -0.515. The SMILES string of the molecule is CN(C)N1C(N2CCOCC2)COC(C)(N2CCOCC2)C1(N1CCCCC1)N1CCOCC1. The molecule has 0 aromatic rings. The molecule has 3 unspecified atom stereocenters. The van der Waals surface area contributed by atoms with Crippen LogP contribution in [0.15, 0.2) is 0 Å². The Balaban J connectivity index is 1.65. The summed E-state index contributed by atoms with van der Waals surface area (Å²) in [6.07, 6.45) is 3.92. The topological polar surface area (TPSA) is 56.4 Å². The minimum absolute atomic E-state index is 0.151. The highest BCUT2D eigenvalue weighted by atomic mass is 16.5. The molecule has 5 fully saturated rings. The van der Waals surface area contributed by atoms with Crippen LogP contribution in [0.4, 0.5) is 0 Å². The number of ether oxygens (including phenoxy) is 4. The van der Waals surface area contributed by atoms with Crippen molar-refractivity contribution in [2.45, 2.75) is 43.9 Å². The Bertz CT molecular complexity index is 629. The second kappa shape index (κ2) is 10.9. The first-order valence-electron chi connectivity index (χ1n) is 13.4. The smallest absolute Gasteiger partial charge is 0.189 e. The van der Waals surface area contributed by atoms with Crippen molar-refractivity contribution >= 4 is 0 Å². The molecule has 196 valence electrons. The first kappa shape index (κ1) is 25.3. The molecule has 34 heavy (non-hydrogen) atoms. The second-order valence-electron chi connectivity index (χ2n) is 10.5. The lowest BCUT2D eigenvalue weighted by Gasteiger charge is -2.71. The second-order valence-corrected chi connectivity index (χ2v) is 10.5. The van der Waals surface area contributed by atoms with Crippen molar-refractivity contribution in [3.05, 3.63) is 0 Å². The number of rotatable bonds is 5. The maximum absolute atomic E-state index is 7.17. The van der Waals surface area contributed by atoms with Gasteiger partial charge in [-0.2, -0.15) is 5.01 Å². The van der Waals surface area contributed by atoms with E-state index in [9.17, 15) is 0 Å². The maximum Gasteiger partial charge on any atom is 0.189 e. The summed E-state index contributed by atoms with van der Waals surface area (Å²) >= 11 is 0. The summed E-state index contributed by atoms with van der Waals surface area (Å²) in [5.74, 6) is -0.445. The van der Waals surface area contributed by atoms with E-state index in [0.717, 1.165) is 92.0 Å². The first-order valence-corrected chi connectivity index (χ1v) is 13.4. The van der Waals surface area contributed by atoms with Gasteiger partial charge in [0.05, 0.1) is 46.2 Å². The van der Waals surface area contributed by atoms with Gasteiger partial charge in [0.2, 0.25) is 0 Å². The van der Waals surface area contributed by atoms with Crippen LogP contribution in [0.2, 0.25) is 0 Å². The molecule has 10 heteroatoms. The van der Waals surface area contributed by atoms with Crippen molar-refractivity contribution < 1.29 is 18.9 Å². The van der Waals surface area contributed by atoms with E-state index in [1.165, 1.54) is 19.3 Å². The van der Waals surface area contributed by atoms with E-state index in [1.54, 1.807) is 0 Å². The van der Waals surface area contributed by atoms with Gasteiger partial charge in [-0.1, -0.05) is 6.42 Å². The third kappa shape index (κ3) is 4.34. The molecule has 0 aromatic heterocycles. The van der Waals surface area contributed by atoms with Crippen LogP contribution in [0.1, 0.15) is 26.2 Å². The fraction of sp³-hybridized carbons (Fsp3) is 1.00. The highest BCUT2D eigenvalue weighted by Crippen LogP contribution is 2.47. The lowest BCUT2D eigenvalue weighted by molar-refractivity contribution is -0.420. The monoisotopic (exact) mass is 482 g/mol. The Kier molecular flexibility index (Phi) is 8.11. The zero-order valence-electron chi connectivity index (χ0n) is 21.6. The normalized spacial score (nSPS) is 39.0. The van der Waals surface area contributed by atoms with E-state index in [0.29, 0.717) is 6.61 Å². The molecule has 0 N–H and O–H groups in total. The van der Waals surface area contributed by atoms with Gasteiger partial charge in [0.1, 0.15) is 6.17 Å². The van der Waals surface area contributed by atoms with Gasteiger partial charge in [-0.15, -0.1) is 0 Å². The molecule has 0 spiro atoms. The van der Waals surface area contributed by atoms with Crippen LogP contribution in [0.3, 0.4) is 0 Å². The molecule has 0 radical (unpaired) electrons. The highest BCUT2D eigenvalue weighted by Gasteiger charge is 2.68. The summed E-state index contributed by atoms with van der Waals surface area (Å²) < 4.78 is 24.6. The third-order valence-corrected chi connectivity index (χ3v) is 8.50. The Hall–Kier alpha value is -0.400. The fourth-order valence-corrected chi connectivity index (χ4v) is 6.96. The van der Waals surface area contributed by atoms with Gasteiger partial charge in [0, 0.05) is 66.5 Å². The van der Waals surface area contributed by atoms with E-state index in [1.807, 2.05) is 0 Å². The van der Waals surface area contributed by atoms with E-state index < -0.39 is 11.5 Å². The lowest BCUT2D eigenvalue weighted by Crippen LogP contribution is -2.90. The molecule has 5 saturated heterocycles. The number of piperidine rings is 1. The number of morpholine rings is 4. The van der Waals surface area contributed by atoms with Gasteiger partial charge < -0.3 is 18.9 Å². The largest absolute Gasteiger partial charge is 0.379 e. The van der Waals surface area contributed by atoms with Gasteiger partial charge >= 0.3 is 0 Å². The van der Waals surface area contributed by atoms with Gasteiger partial charge in [0.25, 0.3) is 0 Å². The molecular weight excluding hydrogens is 436 g/mol. The molecule has 5 aliphatic heterocycles. The zero-order chi connectivity index (χ0) is 23.6. The van der Waals surface area contributed by atoms with Crippen molar-refractivity contribution in [3.63, 3.8) is 0 Å². The van der Waals surface area contributed by atoms with Gasteiger partial charge in [-0.3, -0.25) is 19.6 Å². The van der Waals surface area contributed by atoms with E-state index in [2.05, 4.69) is 50.6 Å².